The van der Waals surface area contributed by atoms with Gasteiger partial charge >= 0.3 is 0 Å². The maximum absolute atomic E-state index is 12.4. The molecule has 1 amide bonds. The molecule has 0 atom stereocenters. The molecule has 0 bridgehead atoms. The number of carbonyl (C=O) groups excluding carboxylic acids is 1. The van der Waals surface area contributed by atoms with E-state index in [9.17, 15) is 4.79 Å². The minimum absolute atomic E-state index is 0.00227. The second-order valence-electron chi connectivity index (χ2n) is 4.27. The zero-order valence-corrected chi connectivity index (χ0v) is 11.2. The van der Waals surface area contributed by atoms with Gasteiger partial charge < -0.3 is 4.90 Å². The van der Waals surface area contributed by atoms with Crippen LogP contribution in [0, 0.1) is 0 Å². The molecule has 0 unspecified atom stereocenters. The molecule has 0 aliphatic carbocycles. The predicted octanol–water partition coefficient (Wildman–Crippen LogP) is 3.82. The fourth-order valence-electron chi connectivity index (χ4n) is 2.05. The second-order valence-corrected chi connectivity index (χ2v) is 4.27. The summed E-state index contributed by atoms with van der Waals surface area (Å²) in [5.74, 6) is -0.00227. The number of rotatable bonds is 3. The lowest BCUT2D eigenvalue weighted by molar-refractivity contribution is 0.0861. The molecule has 0 heterocycles. The van der Waals surface area contributed by atoms with Crippen molar-refractivity contribution in [3.05, 3.63) is 77.9 Å². The Hall–Kier alpha value is -2.35. The quantitative estimate of drug-likeness (QED) is 0.812. The van der Waals surface area contributed by atoms with Crippen LogP contribution in [-0.4, -0.2) is 17.9 Å². The van der Waals surface area contributed by atoms with Crippen molar-refractivity contribution in [1.82, 2.24) is 4.90 Å². The highest BCUT2D eigenvalue weighted by Crippen LogP contribution is 2.19. The molecule has 0 saturated heterocycles. The van der Waals surface area contributed by atoms with Crippen molar-refractivity contribution in [2.75, 3.05) is 7.05 Å². The molecule has 0 saturated carbocycles. The third-order valence-corrected chi connectivity index (χ3v) is 3.03. The monoisotopic (exact) mass is 251 g/mol. The summed E-state index contributed by atoms with van der Waals surface area (Å²) in [4.78, 5) is 14.1. The molecule has 2 heteroatoms. The molecule has 0 aromatic heterocycles. The zero-order chi connectivity index (χ0) is 13.7. The summed E-state index contributed by atoms with van der Waals surface area (Å²) in [5.41, 5.74) is 2.64. The Morgan fingerprint density at radius 2 is 1.37 bits per heavy atom. The first kappa shape index (κ1) is 13.1. The van der Waals surface area contributed by atoms with E-state index in [1.807, 2.05) is 73.7 Å². The number of allylic oxidation sites excluding steroid dienone is 1. The predicted molar refractivity (Wildman–Crippen MR) is 78.6 cm³/mol. The summed E-state index contributed by atoms with van der Waals surface area (Å²) in [6.45, 7) is 1.94. The van der Waals surface area contributed by atoms with Crippen molar-refractivity contribution < 1.29 is 4.79 Å². The number of hydrogen-bond acceptors (Lipinski definition) is 1. The van der Waals surface area contributed by atoms with E-state index in [0.717, 1.165) is 11.3 Å². The summed E-state index contributed by atoms with van der Waals surface area (Å²) >= 11 is 0. The van der Waals surface area contributed by atoms with Gasteiger partial charge in [0.25, 0.3) is 5.91 Å². The molecule has 0 aliphatic heterocycles. The Morgan fingerprint density at radius 1 is 0.895 bits per heavy atom. The van der Waals surface area contributed by atoms with E-state index < -0.39 is 0 Å². The number of carbonyl (C=O) groups is 1. The molecule has 2 aromatic rings. The Labute approximate surface area is 114 Å². The lowest BCUT2D eigenvalue weighted by Gasteiger charge is -2.21. The van der Waals surface area contributed by atoms with Crippen molar-refractivity contribution >= 4 is 11.6 Å². The first-order valence-electron chi connectivity index (χ1n) is 6.29. The maximum atomic E-state index is 12.4. The van der Waals surface area contributed by atoms with Gasteiger partial charge in [0.15, 0.2) is 0 Å². The van der Waals surface area contributed by atoms with E-state index in [1.54, 1.807) is 11.9 Å². The standard InChI is InChI=1S/C17H17NO/c1-3-16(14-10-6-4-7-11-14)18(2)17(19)15-12-8-5-9-13-15/h3-13H,1-2H3/b16-3+. The van der Waals surface area contributed by atoms with Gasteiger partial charge in [0.2, 0.25) is 0 Å². The van der Waals surface area contributed by atoms with Crippen LogP contribution < -0.4 is 0 Å². The van der Waals surface area contributed by atoms with Gasteiger partial charge in [-0.2, -0.15) is 0 Å². The molecule has 96 valence electrons. The van der Waals surface area contributed by atoms with Crippen LogP contribution in [0.5, 0.6) is 0 Å². The van der Waals surface area contributed by atoms with Gasteiger partial charge in [-0.25, -0.2) is 0 Å². The Bertz CT molecular complexity index is 573. The normalized spacial score (nSPS) is 11.2. The average molecular weight is 251 g/mol. The van der Waals surface area contributed by atoms with E-state index in [1.165, 1.54) is 0 Å². The number of hydrogen-bond donors (Lipinski definition) is 0. The summed E-state index contributed by atoms with van der Waals surface area (Å²) < 4.78 is 0. The minimum Gasteiger partial charge on any atom is -0.311 e. The molecular weight excluding hydrogens is 234 g/mol. The van der Waals surface area contributed by atoms with Crippen LogP contribution in [0.1, 0.15) is 22.8 Å². The molecule has 0 radical (unpaired) electrons. The lowest BCUT2D eigenvalue weighted by Crippen LogP contribution is -2.25. The van der Waals surface area contributed by atoms with Crippen LogP contribution in [0.4, 0.5) is 0 Å². The Kier molecular flexibility index (Phi) is 4.14. The number of nitrogens with zero attached hydrogens (tertiary/aromatic N) is 1. The molecule has 2 rings (SSSR count). The molecule has 0 aliphatic rings. The van der Waals surface area contributed by atoms with E-state index >= 15 is 0 Å². The van der Waals surface area contributed by atoms with Gasteiger partial charge in [-0.3, -0.25) is 4.79 Å². The summed E-state index contributed by atoms with van der Waals surface area (Å²) in [5, 5.41) is 0. The summed E-state index contributed by atoms with van der Waals surface area (Å²) in [7, 11) is 1.80. The van der Waals surface area contributed by atoms with Gasteiger partial charge in [0.05, 0.1) is 0 Å². The fraction of sp³-hybridized carbons (Fsp3) is 0.118. The molecule has 0 N–H and O–H groups in total. The second kappa shape index (κ2) is 6.01. The van der Waals surface area contributed by atoms with Crippen molar-refractivity contribution in [3.63, 3.8) is 0 Å². The highest BCUT2D eigenvalue weighted by molar-refractivity contribution is 5.99. The van der Waals surface area contributed by atoms with E-state index in [2.05, 4.69) is 0 Å². The third kappa shape index (κ3) is 2.91. The van der Waals surface area contributed by atoms with E-state index in [-0.39, 0.29) is 5.91 Å². The van der Waals surface area contributed by atoms with Crippen LogP contribution in [0.2, 0.25) is 0 Å². The topological polar surface area (TPSA) is 20.3 Å². The van der Waals surface area contributed by atoms with Crippen molar-refractivity contribution in [1.29, 1.82) is 0 Å². The highest BCUT2D eigenvalue weighted by Gasteiger charge is 2.15. The fourth-order valence-corrected chi connectivity index (χ4v) is 2.05. The maximum Gasteiger partial charge on any atom is 0.258 e. The van der Waals surface area contributed by atoms with Crippen LogP contribution in [0.15, 0.2) is 66.7 Å². The molecule has 0 fully saturated rings. The highest BCUT2D eigenvalue weighted by atomic mass is 16.2. The first-order chi connectivity index (χ1) is 9.24. The summed E-state index contributed by atoms with van der Waals surface area (Å²) in [6.07, 6.45) is 1.95. The molecule has 2 nitrogen and oxygen atoms in total. The average Bonchev–Trinajstić information content (AvgIpc) is 2.49. The van der Waals surface area contributed by atoms with Crippen LogP contribution >= 0.6 is 0 Å². The van der Waals surface area contributed by atoms with Gasteiger partial charge in [-0.05, 0) is 24.6 Å². The smallest absolute Gasteiger partial charge is 0.258 e. The van der Waals surface area contributed by atoms with Crippen LogP contribution in [-0.2, 0) is 0 Å². The molecule has 2 aromatic carbocycles. The van der Waals surface area contributed by atoms with Crippen molar-refractivity contribution in [3.8, 4) is 0 Å². The van der Waals surface area contributed by atoms with Gasteiger partial charge in [-0.15, -0.1) is 0 Å². The zero-order valence-electron chi connectivity index (χ0n) is 11.2. The van der Waals surface area contributed by atoms with Crippen LogP contribution in [0.3, 0.4) is 0 Å². The summed E-state index contributed by atoms with van der Waals surface area (Å²) in [6, 6.07) is 19.2. The van der Waals surface area contributed by atoms with Crippen LogP contribution in [0.25, 0.3) is 5.70 Å². The molecule has 19 heavy (non-hydrogen) atoms. The van der Waals surface area contributed by atoms with E-state index in [4.69, 9.17) is 0 Å². The SMILES string of the molecule is C/C=C(\c1ccccc1)N(C)C(=O)c1ccccc1. The van der Waals surface area contributed by atoms with Gasteiger partial charge in [0, 0.05) is 18.3 Å². The van der Waals surface area contributed by atoms with E-state index in [0.29, 0.717) is 5.56 Å². The van der Waals surface area contributed by atoms with Gasteiger partial charge in [0.1, 0.15) is 0 Å². The third-order valence-electron chi connectivity index (χ3n) is 3.03. The van der Waals surface area contributed by atoms with Crippen molar-refractivity contribution in [2.45, 2.75) is 6.92 Å². The Morgan fingerprint density at radius 3 is 1.84 bits per heavy atom. The van der Waals surface area contributed by atoms with Crippen molar-refractivity contribution in [2.24, 2.45) is 0 Å². The minimum atomic E-state index is -0.00227. The molecule has 0 spiro atoms. The number of amides is 1. The lowest BCUT2D eigenvalue weighted by atomic mass is 10.1. The largest absolute Gasteiger partial charge is 0.311 e. The van der Waals surface area contributed by atoms with Gasteiger partial charge in [-0.1, -0.05) is 54.6 Å². The number of benzene rings is 2. The molecular formula is C17H17NO. The first-order valence-corrected chi connectivity index (χ1v) is 6.29. The Balaban J connectivity index is 2.28.